The molecule has 3 heterocycles. The number of nitrogens with zero attached hydrogens (tertiary/aromatic N) is 5. The topological polar surface area (TPSA) is 80.1 Å². The van der Waals surface area contributed by atoms with Crippen LogP contribution in [0, 0.1) is 6.92 Å². The van der Waals surface area contributed by atoms with Gasteiger partial charge in [0.1, 0.15) is 5.82 Å². The first-order chi connectivity index (χ1) is 13.8. The van der Waals surface area contributed by atoms with Gasteiger partial charge in [-0.1, -0.05) is 0 Å². The summed E-state index contributed by atoms with van der Waals surface area (Å²) in [6, 6.07) is 10.0. The number of anilines is 3. The minimum Gasteiger partial charge on any atom is -0.379 e. The summed E-state index contributed by atoms with van der Waals surface area (Å²) in [6.07, 6.45) is 5.46. The summed E-state index contributed by atoms with van der Waals surface area (Å²) in [5, 5.41) is 6.69. The molecule has 4 rings (SSSR count). The van der Waals surface area contributed by atoms with Crippen LogP contribution < -0.4 is 10.6 Å². The molecule has 1 aliphatic rings. The summed E-state index contributed by atoms with van der Waals surface area (Å²) in [6.45, 7) is 7.42. The van der Waals surface area contributed by atoms with Crippen LogP contribution in [0.15, 0.2) is 49.1 Å². The first kappa shape index (κ1) is 18.4. The molecule has 0 radical (unpaired) electrons. The number of imidazole rings is 1. The molecular formula is C20H25N7O. The number of aryl methyl sites for hydroxylation is 1. The van der Waals surface area contributed by atoms with Gasteiger partial charge in [0.2, 0.25) is 5.95 Å². The first-order valence-electron chi connectivity index (χ1n) is 9.51. The smallest absolute Gasteiger partial charge is 0.229 e. The third kappa shape index (κ3) is 4.85. The van der Waals surface area contributed by atoms with Gasteiger partial charge in [-0.25, -0.2) is 9.97 Å². The molecule has 28 heavy (non-hydrogen) atoms. The maximum atomic E-state index is 5.39. The molecule has 1 aromatic carbocycles. The average Bonchev–Trinajstić information content (AvgIpc) is 3.24. The van der Waals surface area contributed by atoms with Crippen molar-refractivity contribution in [3.05, 3.63) is 54.7 Å². The van der Waals surface area contributed by atoms with Crippen molar-refractivity contribution in [1.82, 2.24) is 24.4 Å². The molecule has 3 aromatic rings. The van der Waals surface area contributed by atoms with Crippen LogP contribution in [0.4, 0.5) is 17.5 Å². The Balaban J connectivity index is 1.36. The fraction of sp³-hybridized carbons (Fsp3) is 0.350. The van der Waals surface area contributed by atoms with Crippen LogP contribution in [0.1, 0.15) is 5.69 Å². The highest BCUT2D eigenvalue weighted by atomic mass is 16.5. The summed E-state index contributed by atoms with van der Waals surface area (Å²) in [5.41, 5.74) is 2.91. The zero-order valence-corrected chi connectivity index (χ0v) is 16.0. The Labute approximate surface area is 164 Å². The number of benzene rings is 1. The summed E-state index contributed by atoms with van der Waals surface area (Å²) in [5.74, 6) is 1.42. The largest absolute Gasteiger partial charge is 0.379 e. The van der Waals surface area contributed by atoms with E-state index in [4.69, 9.17) is 4.74 Å². The predicted molar refractivity (Wildman–Crippen MR) is 109 cm³/mol. The van der Waals surface area contributed by atoms with Crippen LogP contribution in [0.3, 0.4) is 0 Å². The second kappa shape index (κ2) is 8.81. The third-order valence-corrected chi connectivity index (χ3v) is 4.62. The number of aromatic nitrogens is 4. The molecule has 2 aromatic heterocycles. The van der Waals surface area contributed by atoms with E-state index in [-0.39, 0.29) is 0 Å². The molecule has 8 heteroatoms. The summed E-state index contributed by atoms with van der Waals surface area (Å²) in [7, 11) is 0. The highest BCUT2D eigenvalue weighted by molar-refractivity contribution is 5.57. The van der Waals surface area contributed by atoms with E-state index in [0.29, 0.717) is 5.95 Å². The van der Waals surface area contributed by atoms with E-state index in [1.54, 1.807) is 12.5 Å². The molecular weight excluding hydrogens is 354 g/mol. The maximum Gasteiger partial charge on any atom is 0.229 e. The van der Waals surface area contributed by atoms with Gasteiger partial charge in [0, 0.05) is 61.7 Å². The summed E-state index contributed by atoms with van der Waals surface area (Å²) in [4.78, 5) is 15.6. The second-order valence-corrected chi connectivity index (χ2v) is 6.74. The van der Waals surface area contributed by atoms with Crippen molar-refractivity contribution in [2.24, 2.45) is 0 Å². The number of morpholine rings is 1. The Morgan fingerprint density at radius 1 is 1.11 bits per heavy atom. The standard InChI is InChI=1S/C20H25N7O/c1-16-14-19(22-7-8-26-10-12-28-13-11-26)25-20(23-16)24-17-2-4-18(5-3-17)27-9-6-21-15-27/h2-6,9,14-15H,7-8,10-13H2,1H3,(H2,22,23,24,25). The SMILES string of the molecule is Cc1cc(NCCN2CCOCC2)nc(Nc2ccc(-n3ccnc3)cc2)n1. The lowest BCUT2D eigenvalue weighted by Crippen LogP contribution is -2.39. The fourth-order valence-corrected chi connectivity index (χ4v) is 3.14. The lowest BCUT2D eigenvalue weighted by Gasteiger charge is -2.26. The summed E-state index contributed by atoms with van der Waals surface area (Å²) >= 11 is 0. The van der Waals surface area contributed by atoms with Crippen molar-refractivity contribution >= 4 is 17.5 Å². The zero-order chi connectivity index (χ0) is 19.2. The number of hydrogen-bond donors (Lipinski definition) is 2. The van der Waals surface area contributed by atoms with Gasteiger partial charge < -0.3 is 19.9 Å². The van der Waals surface area contributed by atoms with E-state index < -0.39 is 0 Å². The lowest BCUT2D eigenvalue weighted by molar-refractivity contribution is 0.0398. The molecule has 1 aliphatic heterocycles. The Bertz CT molecular complexity index is 874. The van der Waals surface area contributed by atoms with Crippen LogP contribution >= 0.6 is 0 Å². The van der Waals surface area contributed by atoms with E-state index >= 15 is 0 Å². The molecule has 0 spiro atoms. The molecule has 0 atom stereocenters. The van der Waals surface area contributed by atoms with Crippen LogP contribution in [-0.4, -0.2) is 63.8 Å². The zero-order valence-electron chi connectivity index (χ0n) is 16.0. The molecule has 2 N–H and O–H groups in total. The number of rotatable bonds is 7. The van der Waals surface area contributed by atoms with Crippen LogP contribution in [0.2, 0.25) is 0 Å². The van der Waals surface area contributed by atoms with Gasteiger partial charge in [-0.3, -0.25) is 4.90 Å². The van der Waals surface area contributed by atoms with Crippen molar-refractivity contribution in [3.8, 4) is 5.69 Å². The van der Waals surface area contributed by atoms with Crippen molar-refractivity contribution in [1.29, 1.82) is 0 Å². The molecule has 8 nitrogen and oxygen atoms in total. The average molecular weight is 379 g/mol. The van der Waals surface area contributed by atoms with Crippen molar-refractivity contribution < 1.29 is 4.74 Å². The number of ether oxygens (including phenoxy) is 1. The molecule has 0 amide bonds. The van der Waals surface area contributed by atoms with Crippen LogP contribution in [-0.2, 0) is 4.74 Å². The Morgan fingerprint density at radius 2 is 1.93 bits per heavy atom. The fourth-order valence-electron chi connectivity index (χ4n) is 3.14. The summed E-state index contributed by atoms with van der Waals surface area (Å²) < 4.78 is 7.35. The van der Waals surface area contributed by atoms with Gasteiger partial charge >= 0.3 is 0 Å². The van der Waals surface area contributed by atoms with Crippen molar-refractivity contribution in [2.75, 3.05) is 50.0 Å². The van der Waals surface area contributed by atoms with Gasteiger partial charge in [0.15, 0.2) is 0 Å². The molecule has 1 saturated heterocycles. The van der Waals surface area contributed by atoms with E-state index in [9.17, 15) is 0 Å². The van der Waals surface area contributed by atoms with Gasteiger partial charge in [-0.2, -0.15) is 4.98 Å². The van der Waals surface area contributed by atoms with Crippen molar-refractivity contribution in [2.45, 2.75) is 6.92 Å². The van der Waals surface area contributed by atoms with Crippen LogP contribution in [0.5, 0.6) is 0 Å². The maximum absolute atomic E-state index is 5.39. The van der Waals surface area contributed by atoms with Gasteiger partial charge in [-0.05, 0) is 31.2 Å². The van der Waals surface area contributed by atoms with E-state index in [1.165, 1.54) is 0 Å². The number of hydrogen-bond acceptors (Lipinski definition) is 7. The quantitative estimate of drug-likeness (QED) is 0.653. The minimum atomic E-state index is 0.587. The highest BCUT2D eigenvalue weighted by Crippen LogP contribution is 2.18. The minimum absolute atomic E-state index is 0.587. The second-order valence-electron chi connectivity index (χ2n) is 6.74. The predicted octanol–water partition coefficient (Wildman–Crippen LogP) is 2.46. The Morgan fingerprint density at radius 3 is 2.68 bits per heavy atom. The lowest BCUT2D eigenvalue weighted by atomic mass is 10.3. The van der Waals surface area contributed by atoms with Gasteiger partial charge in [0.25, 0.3) is 0 Å². The molecule has 0 saturated carbocycles. The van der Waals surface area contributed by atoms with Gasteiger partial charge in [-0.15, -0.1) is 0 Å². The Kier molecular flexibility index (Phi) is 5.79. The van der Waals surface area contributed by atoms with E-state index in [1.807, 2.05) is 48.0 Å². The molecule has 146 valence electrons. The molecule has 0 bridgehead atoms. The van der Waals surface area contributed by atoms with E-state index in [0.717, 1.165) is 62.3 Å². The third-order valence-electron chi connectivity index (χ3n) is 4.62. The normalized spacial score (nSPS) is 14.8. The Hall–Kier alpha value is -2.97. The first-order valence-corrected chi connectivity index (χ1v) is 9.51. The van der Waals surface area contributed by atoms with E-state index in [2.05, 4.69) is 30.5 Å². The van der Waals surface area contributed by atoms with Gasteiger partial charge in [0.05, 0.1) is 19.5 Å². The monoisotopic (exact) mass is 379 g/mol. The number of nitrogens with one attached hydrogen (secondary N) is 2. The molecule has 0 unspecified atom stereocenters. The van der Waals surface area contributed by atoms with Crippen molar-refractivity contribution in [3.63, 3.8) is 0 Å². The highest BCUT2D eigenvalue weighted by Gasteiger charge is 2.10. The molecule has 0 aliphatic carbocycles. The molecule has 1 fully saturated rings. The van der Waals surface area contributed by atoms with Crippen LogP contribution in [0.25, 0.3) is 5.69 Å².